The molecule has 2 N–H and O–H groups in total. The second kappa shape index (κ2) is 5.50. The Balaban J connectivity index is 2.49. The molecule has 1 aliphatic rings. The molecule has 19 heavy (non-hydrogen) atoms. The third-order valence-corrected chi connectivity index (χ3v) is 3.13. The number of hydrogen-bond donors (Lipinski definition) is 1. The number of morpholine rings is 1. The fraction of sp³-hybridized carbons (Fsp3) is 0.455. The van der Waals surface area contributed by atoms with Gasteiger partial charge in [0, 0.05) is 6.54 Å². The molecule has 0 aromatic carbocycles. The van der Waals surface area contributed by atoms with Crippen LogP contribution in [0.2, 0.25) is 5.15 Å². The zero-order valence-electron chi connectivity index (χ0n) is 10.3. The van der Waals surface area contributed by atoms with Gasteiger partial charge in [-0.1, -0.05) is 11.6 Å². The van der Waals surface area contributed by atoms with Crippen molar-refractivity contribution in [1.29, 1.82) is 0 Å². The van der Waals surface area contributed by atoms with Crippen molar-refractivity contribution in [3.8, 4) is 0 Å². The van der Waals surface area contributed by atoms with Crippen molar-refractivity contribution in [3.05, 3.63) is 16.5 Å². The molecular weight excluding hydrogens is 272 g/mol. The molecule has 1 unspecified atom stereocenters. The van der Waals surface area contributed by atoms with Crippen LogP contribution in [0.15, 0.2) is 0 Å². The van der Waals surface area contributed by atoms with Crippen molar-refractivity contribution in [1.82, 2.24) is 9.97 Å². The molecule has 0 aliphatic carbocycles. The number of hydrogen-bond acceptors (Lipinski definition) is 6. The number of aromatic nitrogens is 2. The number of halogens is 1. The zero-order chi connectivity index (χ0) is 14.0. The van der Waals surface area contributed by atoms with Gasteiger partial charge in [-0.15, -0.1) is 0 Å². The molecule has 1 aromatic heterocycles. The van der Waals surface area contributed by atoms with E-state index >= 15 is 0 Å². The number of aldehydes is 1. The van der Waals surface area contributed by atoms with Gasteiger partial charge in [0.15, 0.2) is 6.29 Å². The molecule has 102 valence electrons. The van der Waals surface area contributed by atoms with Crippen LogP contribution in [0.3, 0.4) is 0 Å². The second-order valence-electron chi connectivity index (χ2n) is 4.10. The smallest absolute Gasteiger partial charge is 0.242 e. The molecule has 1 fully saturated rings. The maximum Gasteiger partial charge on any atom is 0.242 e. The van der Waals surface area contributed by atoms with Gasteiger partial charge >= 0.3 is 0 Å². The fourth-order valence-electron chi connectivity index (χ4n) is 1.95. The third-order valence-electron chi connectivity index (χ3n) is 2.84. The highest BCUT2D eigenvalue weighted by Gasteiger charge is 2.31. The molecule has 1 atom stereocenters. The van der Waals surface area contributed by atoms with Crippen LogP contribution in [0.25, 0.3) is 0 Å². The van der Waals surface area contributed by atoms with E-state index in [-0.39, 0.29) is 17.3 Å². The van der Waals surface area contributed by atoms with E-state index in [1.807, 2.05) is 0 Å². The van der Waals surface area contributed by atoms with Crippen molar-refractivity contribution in [2.45, 2.75) is 13.0 Å². The van der Waals surface area contributed by atoms with E-state index in [0.29, 0.717) is 31.1 Å². The molecule has 7 nitrogen and oxygen atoms in total. The van der Waals surface area contributed by atoms with Gasteiger partial charge in [0.25, 0.3) is 0 Å². The Morgan fingerprint density at radius 1 is 1.58 bits per heavy atom. The lowest BCUT2D eigenvalue weighted by Gasteiger charge is -2.35. The Kier molecular flexibility index (Phi) is 3.96. The fourth-order valence-corrected chi connectivity index (χ4v) is 2.20. The predicted octanol–water partition coefficient (Wildman–Crippen LogP) is -0.0586. The number of aryl methyl sites for hydroxylation is 1. The minimum atomic E-state index is -0.669. The van der Waals surface area contributed by atoms with Gasteiger partial charge in [-0.3, -0.25) is 9.59 Å². The van der Waals surface area contributed by atoms with Gasteiger partial charge in [-0.05, 0) is 6.92 Å². The van der Waals surface area contributed by atoms with Gasteiger partial charge in [-0.25, -0.2) is 9.97 Å². The average Bonchev–Trinajstić information content (AvgIpc) is 2.37. The Morgan fingerprint density at radius 3 is 2.95 bits per heavy atom. The summed E-state index contributed by atoms with van der Waals surface area (Å²) in [6, 6.07) is -0.669. The standard InChI is InChI=1S/C11H13ClN4O3/c1-6-14-9(12)7(4-17)11(15-6)16-2-3-19-5-8(16)10(13)18/h4,8H,2-3,5H2,1H3,(H2,13,18). The summed E-state index contributed by atoms with van der Waals surface area (Å²) in [5.74, 6) is 0.198. The Hall–Kier alpha value is -1.73. The first-order valence-electron chi connectivity index (χ1n) is 5.67. The van der Waals surface area contributed by atoms with Crippen LogP contribution in [0.4, 0.5) is 5.82 Å². The lowest BCUT2D eigenvalue weighted by molar-refractivity contribution is -0.121. The minimum absolute atomic E-state index is 0.0622. The molecular formula is C11H13ClN4O3. The number of anilines is 1. The lowest BCUT2D eigenvalue weighted by Crippen LogP contribution is -2.53. The maximum atomic E-state index is 11.4. The van der Waals surface area contributed by atoms with Gasteiger partial charge in [0.05, 0.1) is 18.8 Å². The Morgan fingerprint density at radius 2 is 2.32 bits per heavy atom. The second-order valence-corrected chi connectivity index (χ2v) is 4.46. The number of rotatable bonds is 3. The minimum Gasteiger partial charge on any atom is -0.377 e. The van der Waals surface area contributed by atoms with E-state index in [9.17, 15) is 9.59 Å². The highest BCUT2D eigenvalue weighted by molar-refractivity contribution is 6.32. The summed E-state index contributed by atoms with van der Waals surface area (Å²) in [7, 11) is 0. The summed E-state index contributed by atoms with van der Waals surface area (Å²) in [4.78, 5) is 32.3. The highest BCUT2D eigenvalue weighted by Crippen LogP contribution is 2.25. The largest absolute Gasteiger partial charge is 0.377 e. The van der Waals surface area contributed by atoms with E-state index in [1.54, 1.807) is 11.8 Å². The lowest BCUT2D eigenvalue weighted by atomic mass is 10.2. The summed E-state index contributed by atoms with van der Waals surface area (Å²) in [5, 5.41) is 0.0622. The molecule has 0 radical (unpaired) electrons. The third kappa shape index (κ3) is 2.66. The van der Waals surface area contributed by atoms with Crippen LogP contribution in [0.1, 0.15) is 16.2 Å². The van der Waals surface area contributed by atoms with Crippen LogP contribution in [-0.4, -0.2) is 48.0 Å². The van der Waals surface area contributed by atoms with E-state index in [4.69, 9.17) is 22.1 Å². The summed E-state index contributed by atoms with van der Waals surface area (Å²) >= 11 is 5.92. The number of carbonyl (C=O) groups excluding carboxylic acids is 2. The van der Waals surface area contributed by atoms with Gasteiger partial charge in [-0.2, -0.15) is 0 Å². The van der Waals surface area contributed by atoms with Crippen LogP contribution in [0.5, 0.6) is 0 Å². The maximum absolute atomic E-state index is 11.4. The number of amides is 1. The van der Waals surface area contributed by atoms with Crippen molar-refractivity contribution in [2.75, 3.05) is 24.7 Å². The first-order chi connectivity index (χ1) is 9.04. The molecule has 1 amide bonds. The molecule has 8 heteroatoms. The first-order valence-corrected chi connectivity index (χ1v) is 6.05. The van der Waals surface area contributed by atoms with Crippen molar-refractivity contribution < 1.29 is 14.3 Å². The van der Waals surface area contributed by atoms with E-state index in [0.717, 1.165) is 0 Å². The van der Waals surface area contributed by atoms with E-state index < -0.39 is 11.9 Å². The summed E-state index contributed by atoms with van der Waals surface area (Å²) < 4.78 is 5.22. The Labute approximate surface area is 114 Å². The molecule has 1 aromatic rings. The Bertz CT molecular complexity index is 523. The molecule has 2 heterocycles. The van der Waals surface area contributed by atoms with Gasteiger partial charge in [0.2, 0.25) is 5.91 Å². The summed E-state index contributed by atoms with van der Waals surface area (Å²) in [6.45, 7) is 2.64. The highest BCUT2D eigenvalue weighted by atomic mass is 35.5. The van der Waals surface area contributed by atoms with Gasteiger partial charge in [0.1, 0.15) is 22.8 Å². The monoisotopic (exact) mass is 284 g/mol. The van der Waals surface area contributed by atoms with Crippen molar-refractivity contribution in [3.63, 3.8) is 0 Å². The molecule has 1 saturated heterocycles. The molecule has 2 rings (SSSR count). The van der Waals surface area contributed by atoms with Crippen LogP contribution in [0, 0.1) is 6.92 Å². The summed E-state index contributed by atoms with van der Waals surface area (Å²) in [6.07, 6.45) is 0.574. The van der Waals surface area contributed by atoms with Crippen molar-refractivity contribution in [2.24, 2.45) is 5.73 Å². The summed E-state index contributed by atoms with van der Waals surface area (Å²) in [5.41, 5.74) is 5.49. The van der Waals surface area contributed by atoms with Crippen LogP contribution < -0.4 is 10.6 Å². The number of nitrogens with zero attached hydrogens (tertiary/aromatic N) is 3. The number of ether oxygens (including phenoxy) is 1. The quantitative estimate of drug-likeness (QED) is 0.617. The molecule has 0 bridgehead atoms. The van der Waals surface area contributed by atoms with Crippen LogP contribution in [-0.2, 0) is 9.53 Å². The van der Waals surface area contributed by atoms with Crippen molar-refractivity contribution >= 4 is 29.6 Å². The van der Waals surface area contributed by atoms with Crippen LogP contribution >= 0.6 is 11.6 Å². The number of carbonyl (C=O) groups is 2. The molecule has 0 spiro atoms. The topological polar surface area (TPSA) is 98.4 Å². The number of primary amides is 1. The zero-order valence-corrected chi connectivity index (χ0v) is 11.1. The van der Waals surface area contributed by atoms with E-state index in [2.05, 4.69) is 9.97 Å². The average molecular weight is 285 g/mol. The first kappa shape index (κ1) is 13.7. The SMILES string of the molecule is Cc1nc(Cl)c(C=O)c(N2CCOCC2C(N)=O)n1. The predicted molar refractivity (Wildman–Crippen MR) is 68.3 cm³/mol. The molecule has 0 saturated carbocycles. The normalized spacial score (nSPS) is 19.3. The molecule has 1 aliphatic heterocycles. The van der Waals surface area contributed by atoms with Gasteiger partial charge < -0.3 is 15.4 Å². The van der Waals surface area contributed by atoms with E-state index in [1.165, 1.54) is 0 Å². The number of nitrogens with two attached hydrogens (primary N) is 1.